The highest BCUT2D eigenvalue weighted by Crippen LogP contribution is 2.17. The zero-order valence-electron chi connectivity index (χ0n) is 35.0. The van der Waals surface area contributed by atoms with E-state index in [1.54, 1.807) is 0 Å². The van der Waals surface area contributed by atoms with Crippen molar-refractivity contribution in [3.63, 3.8) is 0 Å². The van der Waals surface area contributed by atoms with Crippen LogP contribution in [0, 0.1) is 5.92 Å². The van der Waals surface area contributed by atoms with Crippen molar-refractivity contribution < 1.29 is 52.8 Å². The minimum atomic E-state index is -0.700. The minimum absolute atomic E-state index is 0.0962. The fourth-order valence-corrected chi connectivity index (χ4v) is 6.48. The van der Waals surface area contributed by atoms with E-state index < -0.39 is 17.8 Å². The van der Waals surface area contributed by atoms with E-state index in [1.807, 2.05) is 0 Å². The Labute approximate surface area is 351 Å². The maximum Gasteiger partial charge on any atom is 0.303 e. The van der Waals surface area contributed by atoms with E-state index in [0.29, 0.717) is 116 Å². The fraction of sp³-hybridized carbons (Fsp3) is 0.860. The summed E-state index contributed by atoms with van der Waals surface area (Å²) >= 11 is 3.13. The molecule has 0 heterocycles. The number of halogens is 1. The molecule has 57 heavy (non-hydrogen) atoms. The lowest BCUT2D eigenvalue weighted by molar-refractivity contribution is -0.137. The van der Waals surface area contributed by atoms with E-state index in [0.717, 1.165) is 38.5 Å². The van der Waals surface area contributed by atoms with Crippen molar-refractivity contribution >= 4 is 51.1 Å². The maximum atomic E-state index is 12.5. The van der Waals surface area contributed by atoms with Crippen LogP contribution in [0.1, 0.15) is 167 Å². The molecule has 0 radical (unpaired) electrons. The van der Waals surface area contributed by atoms with Gasteiger partial charge in [-0.05, 0) is 38.5 Å². The molecule has 0 aliphatic rings. The highest BCUT2D eigenvalue weighted by Gasteiger charge is 2.19. The fourth-order valence-electron chi connectivity index (χ4n) is 6.20. The zero-order valence-corrected chi connectivity index (χ0v) is 36.6. The minimum Gasteiger partial charge on any atom is -0.481 e. The molecule has 0 fully saturated rings. The topological polar surface area (TPSA) is 198 Å². The molecule has 332 valence electrons. The van der Waals surface area contributed by atoms with Gasteiger partial charge in [-0.3, -0.25) is 28.8 Å². The average molecular weight is 878 g/mol. The first kappa shape index (κ1) is 54.7. The van der Waals surface area contributed by atoms with E-state index in [9.17, 15) is 28.8 Å². The van der Waals surface area contributed by atoms with Gasteiger partial charge < -0.3 is 35.1 Å². The molecule has 0 spiro atoms. The van der Waals surface area contributed by atoms with Crippen LogP contribution in [0.3, 0.4) is 0 Å². The lowest BCUT2D eigenvalue weighted by atomic mass is 9.93. The van der Waals surface area contributed by atoms with Gasteiger partial charge in [0.2, 0.25) is 11.8 Å². The number of hydrogen-bond donors (Lipinski definition) is 3. The van der Waals surface area contributed by atoms with Crippen LogP contribution in [-0.2, 0) is 47.7 Å². The Morgan fingerprint density at radius 2 is 0.912 bits per heavy atom. The summed E-state index contributed by atoms with van der Waals surface area (Å²) < 4.78 is 21.8. The summed E-state index contributed by atoms with van der Waals surface area (Å²) in [5, 5.41) is 11.9. The number of carbonyl (C=O) groups excluding carboxylic acids is 5. The number of alkyl halides is 1. The number of amides is 2. The van der Waals surface area contributed by atoms with E-state index in [2.05, 4.69) is 21.2 Å². The normalized spacial score (nSPS) is 11.7. The molecule has 0 aliphatic carbocycles. The summed E-state index contributed by atoms with van der Waals surface area (Å²) in [6.45, 7) is 3.71. The van der Waals surface area contributed by atoms with Crippen LogP contribution in [-0.4, -0.2) is 105 Å². The molecule has 0 rings (SSSR count). The molecule has 13 nitrogen and oxygen atoms in total. The number of nitrogens with one attached hydrogen (secondary N) is 1. The number of carboxylic acids is 1. The number of aliphatic carboxylic acids is 1. The highest BCUT2D eigenvalue weighted by atomic mass is 79.9. The second-order valence-electron chi connectivity index (χ2n) is 14.9. The number of ketones is 3. The number of carboxylic acid groups (broad SMARTS) is 1. The van der Waals surface area contributed by atoms with E-state index in [-0.39, 0.29) is 49.1 Å². The van der Waals surface area contributed by atoms with Crippen molar-refractivity contribution in [2.45, 2.75) is 167 Å². The quantitative estimate of drug-likeness (QED) is 0.0402. The summed E-state index contributed by atoms with van der Waals surface area (Å²) in [7, 11) is 0. The largest absolute Gasteiger partial charge is 0.481 e. The van der Waals surface area contributed by atoms with Crippen LogP contribution in [0.2, 0.25) is 0 Å². The summed E-state index contributed by atoms with van der Waals surface area (Å²) in [5.74, 6) is -1.33. The number of unbranched alkanes of at least 4 members (excludes halogenated alkanes) is 14. The van der Waals surface area contributed by atoms with Crippen molar-refractivity contribution in [2.24, 2.45) is 11.7 Å². The second-order valence-corrected chi connectivity index (χ2v) is 15.5. The van der Waals surface area contributed by atoms with E-state index in [4.69, 9.17) is 29.8 Å². The number of nitrogens with two attached hydrogens (primary N) is 1. The third-order valence-electron chi connectivity index (χ3n) is 9.65. The summed E-state index contributed by atoms with van der Waals surface area (Å²) in [6, 6.07) is 0. The molecule has 0 saturated carbocycles. The van der Waals surface area contributed by atoms with Crippen LogP contribution in [0.15, 0.2) is 0 Å². The van der Waals surface area contributed by atoms with Gasteiger partial charge in [0.25, 0.3) is 0 Å². The highest BCUT2D eigenvalue weighted by molar-refractivity contribution is 9.09. The first-order valence-corrected chi connectivity index (χ1v) is 23.0. The number of rotatable bonds is 46. The van der Waals surface area contributed by atoms with Crippen molar-refractivity contribution in [1.29, 1.82) is 0 Å². The number of carbonyl (C=O) groups is 6. The molecular formula is C43H77BrN2O11. The molecule has 14 heteroatoms. The number of hydrogen-bond acceptors (Lipinski definition) is 10. The molecular weight excluding hydrogens is 800 g/mol. The number of Topliss-reactive ketones (excluding diaryl/α,β-unsaturated/α-hetero) is 3. The van der Waals surface area contributed by atoms with Crippen molar-refractivity contribution in [1.82, 2.24) is 5.32 Å². The predicted molar refractivity (Wildman–Crippen MR) is 225 cm³/mol. The van der Waals surface area contributed by atoms with Crippen LogP contribution >= 0.6 is 15.9 Å². The third kappa shape index (κ3) is 41.7. The molecule has 0 aromatic carbocycles. The van der Waals surface area contributed by atoms with Crippen LogP contribution in [0.4, 0.5) is 0 Å². The van der Waals surface area contributed by atoms with Crippen LogP contribution in [0.5, 0.6) is 0 Å². The first-order valence-electron chi connectivity index (χ1n) is 21.9. The molecule has 0 unspecified atom stereocenters. The third-order valence-corrected chi connectivity index (χ3v) is 10.3. The SMILES string of the molecule is NC(=O)[C@H](CCCCNC(=O)CCOCCOCCCC(=O)CCOCCOCCCC(=O)CBr)CC(=O)CCCCCCCCCCCCCCCCC(=O)O. The molecule has 0 aliphatic heterocycles. The molecule has 1 atom stereocenters. The Kier molecular flexibility index (Phi) is 40.2. The van der Waals surface area contributed by atoms with Gasteiger partial charge in [-0.25, -0.2) is 0 Å². The standard InChI is InChI=1S/C43H77BrN2O11/c44-36-40(49)22-18-28-55-31-33-56-29-24-38(47)21-17-27-54-32-34-57-30-25-41(50)46-26-16-15-19-37(43(45)53)35-39(48)20-13-11-9-7-5-3-1-2-4-6-8-10-12-14-23-42(51)52/h37H,1-36H2,(H2,45,53)(H,46,50)(H,51,52)/t37-/m1/s1. The monoisotopic (exact) mass is 876 g/mol. The lowest BCUT2D eigenvalue weighted by Gasteiger charge is -2.13. The van der Waals surface area contributed by atoms with Crippen molar-refractivity contribution in [3.8, 4) is 0 Å². The average Bonchev–Trinajstić information content (AvgIpc) is 3.18. The Balaban J connectivity index is 3.59. The Morgan fingerprint density at radius 3 is 1.40 bits per heavy atom. The summed E-state index contributed by atoms with van der Waals surface area (Å²) in [6.07, 6.45) is 21.6. The molecule has 0 aromatic heterocycles. The number of ether oxygens (including phenoxy) is 4. The number of primary amides is 1. The molecule has 4 N–H and O–H groups in total. The van der Waals surface area contributed by atoms with Gasteiger partial charge in [0.05, 0.1) is 45.0 Å². The lowest BCUT2D eigenvalue weighted by Crippen LogP contribution is -2.27. The van der Waals surface area contributed by atoms with Crippen LogP contribution < -0.4 is 11.1 Å². The van der Waals surface area contributed by atoms with Crippen molar-refractivity contribution in [3.05, 3.63) is 0 Å². The Morgan fingerprint density at radius 1 is 0.474 bits per heavy atom. The zero-order chi connectivity index (χ0) is 42.0. The van der Waals surface area contributed by atoms with E-state index >= 15 is 0 Å². The van der Waals surface area contributed by atoms with Gasteiger partial charge in [-0.2, -0.15) is 0 Å². The van der Waals surface area contributed by atoms with Crippen LogP contribution in [0.25, 0.3) is 0 Å². The van der Waals surface area contributed by atoms with Crippen molar-refractivity contribution in [2.75, 3.05) is 64.7 Å². The van der Waals surface area contributed by atoms with Gasteiger partial charge in [0.15, 0.2) is 0 Å². The van der Waals surface area contributed by atoms with Gasteiger partial charge in [0, 0.05) is 70.6 Å². The first-order chi connectivity index (χ1) is 27.6. The Hall–Kier alpha value is -2.26. The van der Waals surface area contributed by atoms with Gasteiger partial charge in [-0.1, -0.05) is 99.4 Å². The maximum absolute atomic E-state index is 12.5. The molecule has 0 bridgehead atoms. The van der Waals surface area contributed by atoms with E-state index in [1.165, 1.54) is 51.4 Å². The summed E-state index contributed by atoms with van der Waals surface area (Å²) in [4.78, 5) is 70.2. The smallest absolute Gasteiger partial charge is 0.303 e. The molecule has 0 saturated heterocycles. The van der Waals surface area contributed by atoms with Gasteiger partial charge >= 0.3 is 5.97 Å². The predicted octanol–water partition coefficient (Wildman–Crippen LogP) is 7.60. The van der Waals surface area contributed by atoms with Gasteiger partial charge in [-0.15, -0.1) is 0 Å². The second kappa shape index (κ2) is 41.9. The summed E-state index contributed by atoms with van der Waals surface area (Å²) in [5.41, 5.74) is 5.58. The molecule has 2 amide bonds. The Bertz CT molecular complexity index is 1050. The van der Waals surface area contributed by atoms with Gasteiger partial charge in [0.1, 0.15) is 17.3 Å². The molecule has 0 aromatic rings.